The Hall–Kier alpha value is -1.09. The topological polar surface area (TPSA) is 15.3 Å². The molecular formula is C13H21FN2. The van der Waals surface area contributed by atoms with E-state index in [0.29, 0.717) is 6.04 Å². The van der Waals surface area contributed by atoms with Crippen LogP contribution in [-0.2, 0) is 0 Å². The highest BCUT2D eigenvalue weighted by atomic mass is 19.1. The van der Waals surface area contributed by atoms with Gasteiger partial charge in [-0.1, -0.05) is 13.3 Å². The lowest BCUT2D eigenvalue weighted by molar-refractivity contribution is 0.515. The van der Waals surface area contributed by atoms with E-state index in [1.54, 1.807) is 0 Å². The Morgan fingerprint density at radius 2 is 1.94 bits per heavy atom. The summed E-state index contributed by atoms with van der Waals surface area (Å²) < 4.78 is 12.8. The van der Waals surface area contributed by atoms with Crippen molar-refractivity contribution in [1.29, 1.82) is 0 Å². The van der Waals surface area contributed by atoms with E-state index in [9.17, 15) is 4.39 Å². The minimum absolute atomic E-state index is 0.184. The first kappa shape index (κ1) is 13.0. The minimum atomic E-state index is -0.184. The summed E-state index contributed by atoms with van der Waals surface area (Å²) in [7, 11) is 4.02. The normalized spacial score (nSPS) is 12.5. The van der Waals surface area contributed by atoms with Crippen LogP contribution < -0.4 is 10.2 Å². The van der Waals surface area contributed by atoms with Crippen LogP contribution in [0.3, 0.4) is 0 Å². The molecule has 1 unspecified atom stereocenters. The van der Waals surface area contributed by atoms with Crippen molar-refractivity contribution < 1.29 is 4.39 Å². The smallest absolute Gasteiger partial charge is 0.123 e. The Labute approximate surface area is 97.5 Å². The Balaban J connectivity index is 2.56. The van der Waals surface area contributed by atoms with Crippen LogP contribution in [0.15, 0.2) is 24.3 Å². The highest BCUT2D eigenvalue weighted by Gasteiger charge is 2.08. The van der Waals surface area contributed by atoms with Gasteiger partial charge in [-0.25, -0.2) is 4.39 Å². The molecule has 0 aliphatic carbocycles. The van der Waals surface area contributed by atoms with Crippen LogP contribution >= 0.6 is 0 Å². The van der Waals surface area contributed by atoms with Gasteiger partial charge in [0.1, 0.15) is 5.82 Å². The minimum Gasteiger partial charge on any atom is -0.373 e. The number of nitrogens with one attached hydrogen (secondary N) is 1. The largest absolute Gasteiger partial charge is 0.373 e. The maximum Gasteiger partial charge on any atom is 0.123 e. The van der Waals surface area contributed by atoms with Gasteiger partial charge in [-0.15, -0.1) is 0 Å². The molecular weight excluding hydrogens is 203 g/mol. The van der Waals surface area contributed by atoms with Gasteiger partial charge in [-0.3, -0.25) is 0 Å². The second-order valence-corrected chi connectivity index (χ2v) is 4.13. The molecule has 1 aromatic rings. The molecule has 0 saturated carbocycles. The zero-order chi connectivity index (χ0) is 12.0. The Kier molecular flexibility index (Phi) is 5.26. The lowest BCUT2D eigenvalue weighted by Gasteiger charge is -2.25. The zero-order valence-corrected chi connectivity index (χ0v) is 10.3. The molecule has 0 saturated heterocycles. The number of halogens is 1. The molecule has 0 bridgehead atoms. The van der Waals surface area contributed by atoms with Gasteiger partial charge < -0.3 is 10.2 Å². The fraction of sp³-hybridized carbons (Fsp3) is 0.538. The van der Waals surface area contributed by atoms with E-state index < -0.39 is 0 Å². The van der Waals surface area contributed by atoms with Gasteiger partial charge in [-0.05, 0) is 37.7 Å². The Morgan fingerprint density at radius 3 is 2.44 bits per heavy atom. The molecule has 1 rings (SSSR count). The number of hydrogen-bond acceptors (Lipinski definition) is 2. The highest BCUT2D eigenvalue weighted by molar-refractivity contribution is 5.45. The average Bonchev–Trinajstić information content (AvgIpc) is 2.29. The summed E-state index contributed by atoms with van der Waals surface area (Å²) in [5, 5.41) is 3.30. The lowest BCUT2D eigenvalue weighted by atomic mass is 10.1. The maximum absolute atomic E-state index is 12.8. The molecule has 0 fully saturated rings. The third-order valence-electron chi connectivity index (χ3n) is 2.81. The molecule has 3 heteroatoms. The number of rotatable bonds is 6. The van der Waals surface area contributed by atoms with Crippen molar-refractivity contribution >= 4 is 5.69 Å². The van der Waals surface area contributed by atoms with E-state index in [1.807, 2.05) is 26.2 Å². The molecule has 0 amide bonds. The number of hydrogen-bond donors (Lipinski definition) is 1. The van der Waals surface area contributed by atoms with E-state index in [4.69, 9.17) is 0 Å². The van der Waals surface area contributed by atoms with E-state index >= 15 is 0 Å². The molecule has 1 aromatic carbocycles. The molecule has 16 heavy (non-hydrogen) atoms. The second-order valence-electron chi connectivity index (χ2n) is 4.13. The maximum atomic E-state index is 12.8. The Bertz CT molecular complexity index is 297. The molecule has 1 atom stereocenters. The van der Waals surface area contributed by atoms with Crippen molar-refractivity contribution in [1.82, 2.24) is 5.32 Å². The van der Waals surface area contributed by atoms with Crippen molar-refractivity contribution in [2.75, 3.05) is 25.5 Å². The standard InChI is InChI=1S/C13H21FN2/c1-4-5-12(15-2)10-16(3)13-8-6-11(14)7-9-13/h6-9,12,15H,4-5,10H2,1-3H3. The van der Waals surface area contributed by atoms with Crippen LogP contribution in [0.1, 0.15) is 19.8 Å². The third kappa shape index (κ3) is 3.81. The first-order chi connectivity index (χ1) is 7.67. The summed E-state index contributed by atoms with van der Waals surface area (Å²) in [6, 6.07) is 7.11. The van der Waals surface area contributed by atoms with E-state index in [2.05, 4.69) is 17.1 Å². The van der Waals surface area contributed by atoms with Gasteiger partial charge in [-0.2, -0.15) is 0 Å². The number of benzene rings is 1. The lowest BCUT2D eigenvalue weighted by Crippen LogP contribution is -2.37. The van der Waals surface area contributed by atoms with Crippen LogP contribution in [0.25, 0.3) is 0 Å². The predicted octanol–water partition coefficient (Wildman–Crippen LogP) is 2.65. The molecule has 0 aliphatic rings. The average molecular weight is 224 g/mol. The van der Waals surface area contributed by atoms with Crippen LogP contribution in [0.5, 0.6) is 0 Å². The molecule has 2 nitrogen and oxygen atoms in total. The van der Waals surface area contributed by atoms with E-state index in [1.165, 1.54) is 18.6 Å². The molecule has 1 N–H and O–H groups in total. The third-order valence-corrected chi connectivity index (χ3v) is 2.81. The van der Waals surface area contributed by atoms with Crippen molar-refractivity contribution in [3.8, 4) is 0 Å². The van der Waals surface area contributed by atoms with Gasteiger partial charge in [0.25, 0.3) is 0 Å². The predicted molar refractivity (Wildman–Crippen MR) is 67.4 cm³/mol. The Morgan fingerprint density at radius 1 is 1.31 bits per heavy atom. The number of anilines is 1. The van der Waals surface area contributed by atoms with Gasteiger partial charge in [0.15, 0.2) is 0 Å². The fourth-order valence-corrected chi connectivity index (χ4v) is 1.81. The van der Waals surface area contributed by atoms with E-state index in [0.717, 1.165) is 18.7 Å². The van der Waals surface area contributed by atoms with Crippen LogP contribution in [0, 0.1) is 5.82 Å². The molecule has 0 aliphatic heterocycles. The van der Waals surface area contributed by atoms with Gasteiger partial charge in [0.05, 0.1) is 0 Å². The first-order valence-corrected chi connectivity index (χ1v) is 5.81. The van der Waals surface area contributed by atoms with Crippen molar-refractivity contribution in [2.45, 2.75) is 25.8 Å². The van der Waals surface area contributed by atoms with Crippen molar-refractivity contribution in [2.24, 2.45) is 0 Å². The van der Waals surface area contributed by atoms with Gasteiger partial charge >= 0.3 is 0 Å². The molecule has 0 radical (unpaired) electrons. The summed E-state index contributed by atoms with van der Waals surface area (Å²) in [6.07, 6.45) is 2.32. The molecule has 0 heterocycles. The SMILES string of the molecule is CCCC(CN(C)c1ccc(F)cc1)NC. The summed E-state index contributed by atoms with van der Waals surface area (Å²) in [4.78, 5) is 2.15. The first-order valence-electron chi connectivity index (χ1n) is 5.81. The van der Waals surface area contributed by atoms with Crippen molar-refractivity contribution in [3.63, 3.8) is 0 Å². The fourth-order valence-electron chi connectivity index (χ4n) is 1.81. The molecule has 0 spiro atoms. The zero-order valence-electron chi connectivity index (χ0n) is 10.3. The monoisotopic (exact) mass is 224 g/mol. The summed E-state index contributed by atoms with van der Waals surface area (Å²) in [5.41, 5.74) is 1.05. The number of nitrogens with zero attached hydrogens (tertiary/aromatic N) is 1. The molecule has 90 valence electrons. The van der Waals surface area contributed by atoms with Crippen LogP contribution in [0.4, 0.5) is 10.1 Å². The number of likely N-dealkylation sites (N-methyl/N-ethyl adjacent to an activating group) is 2. The summed E-state index contributed by atoms with van der Waals surface area (Å²) in [6.45, 7) is 3.12. The van der Waals surface area contributed by atoms with Crippen LogP contribution in [0.2, 0.25) is 0 Å². The van der Waals surface area contributed by atoms with Crippen LogP contribution in [-0.4, -0.2) is 26.7 Å². The molecule has 0 aromatic heterocycles. The van der Waals surface area contributed by atoms with E-state index in [-0.39, 0.29) is 5.82 Å². The van der Waals surface area contributed by atoms with Crippen molar-refractivity contribution in [3.05, 3.63) is 30.1 Å². The highest BCUT2D eigenvalue weighted by Crippen LogP contribution is 2.14. The van der Waals surface area contributed by atoms with Gasteiger partial charge in [0.2, 0.25) is 0 Å². The van der Waals surface area contributed by atoms with Gasteiger partial charge in [0, 0.05) is 25.3 Å². The quantitative estimate of drug-likeness (QED) is 0.799. The summed E-state index contributed by atoms with van der Waals surface area (Å²) >= 11 is 0. The second kappa shape index (κ2) is 6.48. The summed E-state index contributed by atoms with van der Waals surface area (Å²) in [5.74, 6) is -0.184.